The highest BCUT2D eigenvalue weighted by atomic mass is 32.1. The Morgan fingerprint density at radius 1 is 1.52 bits per heavy atom. The Morgan fingerprint density at radius 3 is 3.12 bits per heavy atom. The predicted octanol–water partition coefficient (Wildman–Crippen LogP) is 3.29. The quantitative estimate of drug-likeness (QED) is 0.849. The predicted molar refractivity (Wildman–Crippen MR) is 94.7 cm³/mol. The molecule has 2 heterocycles. The van der Waals surface area contributed by atoms with E-state index in [4.69, 9.17) is 9.72 Å². The van der Waals surface area contributed by atoms with E-state index in [1.54, 1.807) is 11.3 Å². The first-order valence-electron chi connectivity index (χ1n) is 8.41. The number of para-hydroxylation sites is 1. The van der Waals surface area contributed by atoms with Gasteiger partial charge in [0.2, 0.25) is 5.91 Å². The molecule has 1 aromatic carbocycles. The summed E-state index contributed by atoms with van der Waals surface area (Å²) in [5, 5.41) is 3.16. The van der Waals surface area contributed by atoms with Crippen LogP contribution >= 0.6 is 11.3 Å². The van der Waals surface area contributed by atoms with Crippen LogP contribution in [0.3, 0.4) is 0 Å². The largest absolute Gasteiger partial charge is 0.492 e. The Labute approximate surface area is 149 Å². The van der Waals surface area contributed by atoms with Gasteiger partial charge in [-0.3, -0.25) is 4.79 Å². The third-order valence-electron chi connectivity index (χ3n) is 4.16. The van der Waals surface area contributed by atoms with Crippen LogP contribution in [0.2, 0.25) is 0 Å². The van der Waals surface area contributed by atoms with E-state index in [9.17, 15) is 13.6 Å². The number of amides is 1. The number of ether oxygens (including phenoxy) is 1. The molecule has 5 nitrogen and oxygen atoms in total. The van der Waals surface area contributed by atoms with Crippen molar-refractivity contribution in [3.63, 3.8) is 0 Å². The molecule has 0 saturated carbocycles. The number of aromatic nitrogens is 1. The molecule has 1 amide bonds. The molecule has 1 unspecified atom stereocenters. The van der Waals surface area contributed by atoms with E-state index in [1.165, 1.54) is 0 Å². The fourth-order valence-electron chi connectivity index (χ4n) is 3.01. The molecule has 1 saturated heterocycles. The summed E-state index contributed by atoms with van der Waals surface area (Å²) in [5.74, 6) is 0.165. The Balaban J connectivity index is 1.74. The van der Waals surface area contributed by atoms with Crippen LogP contribution in [0.15, 0.2) is 18.2 Å². The third-order valence-corrected chi connectivity index (χ3v) is 5.25. The average Bonchev–Trinajstić information content (AvgIpc) is 3.05. The molecule has 1 atom stereocenters. The Morgan fingerprint density at radius 2 is 2.36 bits per heavy atom. The molecule has 0 aliphatic carbocycles. The van der Waals surface area contributed by atoms with Crippen LogP contribution in [0, 0.1) is 5.92 Å². The van der Waals surface area contributed by atoms with E-state index in [0.717, 1.165) is 34.1 Å². The zero-order valence-corrected chi connectivity index (χ0v) is 14.8. The summed E-state index contributed by atoms with van der Waals surface area (Å²) < 4.78 is 31.2. The van der Waals surface area contributed by atoms with Crippen molar-refractivity contribution in [3.8, 4) is 5.75 Å². The molecule has 0 spiro atoms. The number of carbonyl (C=O) groups excluding carboxylic acids is 1. The summed E-state index contributed by atoms with van der Waals surface area (Å²) >= 11 is 1.56. The number of hydrogen-bond acceptors (Lipinski definition) is 5. The number of rotatable bonds is 6. The standard InChI is InChI=1S/C17H21F2N3O2S/c1-2-24-12-6-3-7-13-15(12)21-17(25-13)22-8-4-5-11(10-22)16(23)20-9-14(18)19/h3,6-7,11,14H,2,4-5,8-10H2,1H3,(H,20,23). The highest BCUT2D eigenvalue weighted by molar-refractivity contribution is 7.22. The SMILES string of the molecule is CCOc1cccc2sc(N3CCCC(C(=O)NCC(F)F)C3)nc12. The van der Waals surface area contributed by atoms with E-state index >= 15 is 0 Å². The van der Waals surface area contributed by atoms with Crippen molar-refractivity contribution >= 4 is 32.6 Å². The second-order valence-electron chi connectivity index (χ2n) is 5.95. The lowest BCUT2D eigenvalue weighted by molar-refractivity contribution is -0.125. The van der Waals surface area contributed by atoms with Crippen molar-refractivity contribution in [3.05, 3.63) is 18.2 Å². The molecule has 1 aliphatic heterocycles. The number of thiazole rings is 1. The summed E-state index contributed by atoms with van der Waals surface area (Å²) in [5.41, 5.74) is 0.827. The number of nitrogens with zero attached hydrogens (tertiary/aromatic N) is 2. The topological polar surface area (TPSA) is 54.5 Å². The second kappa shape index (κ2) is 7.95. The van der Waals surface area contributed by atoms with Gasteiger partial charge in [0.1, 0.15) is 11.3 Å². The minimum Gasteiger partial charge on any atom is -0.492 e. The van der Waals surface area contributed by atoms with Gasteiger partial charge in [-0.05, 0) is 31.9 Å². The first-order chi connectivity index (χ1) is 12.1. The molecule has 0 radical (unpaired) electrons. The minimum atomic E-state index is -2.52. The number of benzene rings is 1. The van der Waals surface area contributed by atoms with Crippen LogP contribution in [0.5, 0.6) is 5.75 Å². The normalized spacial score (nSPS) is 17.9. The average molecular weight is 369 g/mol. The number of anilines is 1. The molecule has 1 aliphatic rings. The highest BCUT2D eigenvalue weighted by Crippen LogP contribution is 2.35. The van der Waals surface area contributed by atoms with Gasteiger partial charge in [0.25, 0.3) is 6.43 Å². The Bertz CT molecular complexity index is 738. The maximum Gasteiger partial charge on any atom is 0.255 e. The van der Waals surface area contributed by atoms with Crippen molar-refractivity contribution in [2.24, 2.45) is 5.92 Å². The van der Waals surface area contributed by atoms with Gasteiger partial charge in [0.15, 0.2) is 5.13 Å². The van der Waals surface area contributed by atoms with Gasteiger partial charge in [0, 0.05) is 13.1 Å². The van der Waals surface area contributed by atoms with Crippen LogP contribution in [-0.4, -0.2) is 43.6 Å². The highest BCUT2D eigenvalue weighted by Gasteiger charge is 2.28. The van der Waals surface area contributed by atoms with Crippen LogP contribution in [0.1, 0.15) is 19.8 Å². The Hall–Kier alpha value is -1.96. The molecule has 25 heavy (non-hydrogen) atoms. The van der Waals surface area contributed by atoms with E-state index in [2.05, 4.69) is 10.2 Å². The van der Waals surface area contributed by atoms with Crippen molar-refractivity contribution in [2.75, 3.05) is 31.1 Å². The summed E-state index contributed by atoms with van der Waals surface area (Å²) in [6, 6.07) is 5.83. The molecular formula is C17H21F2N3O2S. The van der Waals surface area contributed by atoms with Crippen molar-refractivity contribution in [2.45, 2.75) is 26.2 Å². The molecule has 8 heteroatoms. The van der Waals surface area contributed by atoms with Crippen LogP contribution < -0.4 is 15.0 Å². The monoisotopic (exact) mass is 369 g/mol. The summed E-state index contributed by atoms with van der Waals surface area (Å²) in [6.45, 7) is 3.22. The van der Waals surface area contributed by atoms with Gasteiger partial charge < -0.3 is 15.0 Å². The molecule has 1 aromatic heterocycles. The Kier molecular flexibility index (Phi) is 5.67. The maximum absolute atomic E-state index is 12.3. The number of halogens is 2. The van der Waals surface area contributed by atoms with E-state index < -0.39 is 13.0 Å². The fraction of sp³-hybridized carbons (Fsp3) is 0.529. The van der Waals surface area contributed by atoms with Crippen molar-refractivity contribution in [1.82, 2.24) is 10.3 Å². The van der Waals surface area contributed by atoms with Crippen molar-refractivity contribution in [1.29, 1.82) is 0 Å². The first kappa shape index (κ1) is 17.8. The number of alkyl halides is 2. The van der Waals surface area contributed by atoms with Gasteiger partial charge in [0.05, 0.1) is 23.8 Å². The lowest BCUT2D eigenvalue weighted by Gasteiger charge is -2.31. The maximum atomic E-state index is 12.3. The summed E-state index contributed by atoms with van der Waals surface area (Å²) in [7, 11) is 0. The van der Waals surface area contributed by atoms with Gasteiger partial charge in [-0.15, -0.1) is 0 Å². The van der Waals surface area contributed by atoms with Crippen molar-refractivity contribution < 1.29 is 18.3 Å². The molecular weight excluding hydrogens is 348 g/mol. The van der Waals surface area contributed by atoms with Crippen LogP contribution in [0.25, 0.3) is 10.2 Å². The zero-order chi connectivity index (χ0) is 17.8. The number of carbonyl (C=O) groups is 1. The van der Waals surface area contributed by atoms with E-state index in [1.807, 2.05) is 25.1 Å². The smallest absolute Gasteiger partial charge is 0.255 e. The molecule has 2 aromatic rings. The molecule has 1 fully saturated rings. The number of piperidine rings is 1. The van der Waals surface area contributed by atoms with E-state index in [-0.39, 0.29) is 11.8 Å². The third kappa shape index (κ3) is 4.18. The van der Waals surface area contributed by atoms with Gasteiger partial charge in [-0.2, -0.15) is 0 Å². The molecule has 3 rings (SSSR count). The van der Waals surface area contributed by atoms with E-state index in [0.29, 0.717) is 19.6 Å². The second-order valence-corrected chi connectivity index (χ2v) is 6.96. The number of fused-ring (bicyclic) bond motifs is 1. The number of hydrogen-bond donors (Lipinski definition) is 1. The van der Waals surface area contributed by atoms with Crippen LogP contribution in [-0.2, 0) is 4.79 Å². The fourth-order valence-corrected chi connectivity index (χ4v) is 4.02. The van der Waals surface area contributed by atoms with Crippen LogP contribution in [0.4, 0.5) is 13.9 Å². The van der Waals surface area contributed by atoms with Gasteiger partial charge in [-0.1, -0.05) is 17.4 Å². The molecule has 136 valence electrons. The van der Waals surface area contributed by atoms with Gasteiger partial charge >= 0.3 is 0 Å². The summed E-state index contributed by atoms with van der Waals surface area (Å²) in [4.78, 5) is 18.8. The first-order valence-corrected chi connectivity index (χ1v) is 9.23. The molecule has 1 N–H and O–H groups in total. The lowest BCUT2D eigenvalue weighted by atomic mass is 9.97. The molecule has 0 bridgehead atoms. The zero-order valence-electron chi connectivity index (χ0n) is 14.0. The number of nitrogens with one attached hydrogen (secondary N) is 1. The van der Waals surface area contributed by atoms with Gasteiger partial charge in [-0.25, -0.2) is 13.8 Å². The minimum absolute atomic E-state index is 0.286. The lowest BCUT2D eigenvalue weighted by Crippen LogP contribution is -2.44. The summed E-state index contributed by atoms with van der Waals surface area (Å²) in [6.07, 6.45) is -0.980.